The number of hydrogen-bond acceptors (Lipinski definition) is 7. The van der Waals surface area contributed by atoms with Gasteiger partial charge in [-0.3, -0.25) is 0 Å². The zero-order valence-corrected chi connectivity index (χ0v) is 38.0. The first-order chi connectivity index (χ1) is 28.0. The van der Waals surface area contributed by atoms with E-state index in [1.165, 1.54) is 20.9 Å². The summed E-state index contributed by atoms with van der Waals surface area (Å²) in [5.74, 6) is 0.868. The molecule has 0 aliphatic heterocycles. The van der Waals surface area contributed by atoms with E-state index >= 15 is 0 Å². The van der Waals surface area contributed by atoms with E-state index in [2.05, 4.69) is 64.6 Å². The van der Waals surface area contributed by atoms with Gasteiger partial charge in [-0.2, -0.15) is 0 Å². The summed E-state index contributed by atoms with van der Waals surface area (Å²) in [5, 5.41) is 2.91. The molecule has 2 aromatic heterocycles. The van der Waals surface area contributed by atoms with Crippen LogP contribution in [0.25, 0.3) is 21.8 Å². The fraction of sp³-hybridized carbons (Fsp3) is 0.362. The molecule has 0 saturated heterocycles. The summed E-state index contributed by atoms with van der Waals surface area (Å²) in [6.45, 7) is 12.6. The Labute approximate surface area is 362 Å². The highest BCUT2D eigenvalue weighted by atomic mass is 35.5. The first-order valence-corrected chi connectivity index (χ1v) is 21.8. The molecule has 0 unspecified atom stereocenters. The summed E-state index contributed by atoms with van der Waals surface area (Å²) in [5.41, 5.74) is 3.68. The Morgan fingerprint density at radius 3 is 1.53 bits per heavy atom. The Kier molecular flexibility index (Phi) is 15.8. The lowest BCUT2D eigenvalue weighted by atomic mass is 10.1. The maximum Gasteiger partial charge on any atom is 0.410 e. The molecule has 314 valence electrons. The summed E-state index contributed by atoms with van der Waals surface area (Å²) in [4.78, 5) is 38.8. The Balaban J connectivity index is 0.000000224. The maximum absolute atomic E-state index is 12.1. The van der Waals surface area contributed by atoms with Gasteiger partial charge in [0.1, 0.15) is 17.0 Å². The number of methoxy groups -OCH3 is 1. The van der Waals surface area contributed by atoms with E-state index < -0.39 is 11.2 Å². The summed E-state index contributed by atoms with van der Waals surface area (Å²) in [6.07, 6.45) is 6.97. The molecule has 0 atom stereocenters. The number of fused-ring (bicyclic) bond motifs is 2. The maximum atomic E-state index is 12.1. The molecule has 0 spiro atoms. The molecule has 12 heteroatoms. The van der Waals surface area contributed by atoms with Crippen LogP contribution in [0.5, 0.6) is 5.75 Å². The van der Waals surface area contributed by atoms with E-state index in [-0.39, 0.29) is 12.2 Å². The van der Waals surface area contributed by atoms with Crippen molar-refractivity contribution in [2.75, 3.05) is 34.3 Å². The number of aromatic nitrogens is 2. The van der Waals surface area contributed by atoms with Crippen LogP contribution in [0.3, 0.4) is 0 Å². The number of aromatic amines is 2. The van der Waals surface area contributed by atoms with Crippen molar-refractivity contribution in [3.63, 3.8) is 0 Å². The molecule has 2 heterocycles. The second kappa shape index (κ2) is 20.5. The second-order valence-electron chi connectivity index (χ2n) is 16.3. The quantitative estimate of drug-likeness (QED) is 0.119. The highest BCUT2D eigenvalue weighted by Crippen LogP contribution is 2.40. The monoisotopic (exact) mass is 856 g/mol. The number of hydrogen-bond donors (Lipinski definition) is 2. The van der Waals surface area contributed by atoms with Gasteiger partial charge in [-0.15, -0.1) is 0 Å². The first kappa shape index (κ1) is 45.4. The van der Waals surface area contributed by atoms with Crippen LogP contribution < -0.4 is 4.74 Å². The zero-order valence-electron chi connectivity index (χ0n) is 35.6. The van der Waals surface area contributed by atoms with Crippen LogP contribution in [-0.2, 0) is 22.3 Å². The molecule has 0 bridgehead atoms. The molecule has 2 N–H and O–H groups in total. The summed E-state index contributed by atoms with van der Waals surface area (Å²) in [7, 11) is 5.26. The number of carbonyl (C=O) groups excluding carboxylic acids is 2. The molecule has 6 aromatic rings. The van der Waals surface area contributed by atoms with Gasteiger partial charge < -0.3 is 34.0 Å². The highest BCUT2D eigenvalue weighted by molar-refractivity contribution is 8.00. The van der Waals surface area contributed by atoms with Crippen LogP contribution in [0, 0.1) is 0 Å². The number of nitrogens with zero attached hydrogens (tertiary/aromatic N) is 2. The highest BCUT2D eigenvalue weighted by Gasteiger charge is 2.21. The van der Waals surface area contributed by atoms with Crippen LogP contribution in [-0.4, -0.2) is 77.5 Å². The third kappa shape index (κ3) is 13.1. The number of rotatable bonds is 13. The van der Waals surface area contributed by atoms with Crippen LogP contribution in [0.2, 0.25) is 5.02 Å². The standard InChI is InChI=1S/C24H30N2O3S.C23H27ClN2O2S/c1-24(2,3)29-23(27)26(4)15-9-11-17-10-6-7-14-20(17)30-21-16-25-18-12-8-13-19(28-5)22(18)21;1-23(2,3)28-22(27)26(4)14-8-10-16-9-5-6-13-19(16)29-20-15-25-18-12-7-11-17(24)21(18)20/h6-8,10,12-14,16,25H,9,11,15H2,1-5H3;5-7,9,11-13,15,25H,8,10,14H2,1-4H3. The number of nitrogens with one attached hydrogen (secondary N) is 2. The van der Waals surface area contributed by atoms with Crippen molar-refractivity contribution < 1.29 is 23.8 Å². The molecule has 4 aromatic carbocycles. The van der Waals surface area contributed by atoms with E-state index in [4.69, 9.17) is 25.8 Å². The van der Waals surface area contributed by atoms with Gasteiger partial charge in [0.2, 0.25) is 0 Å². The molecule has 0 aliphatic rings. The number of halogens is 1. The van der Waals surface area contributed by atoms with Crippen molar-refractivity contribution in [1.82, 2.24) is 19.8 Å². The number of H-pyrrole nitrogens is 2. The smallest absolute Gasteiger partial charge is 0.410 e. The van der Waals surface area contributed by atoms with Crippen molar-refractivity contribution in [1.29, 1.82) is 0 Å². The van der Waals surface area contributed by atoms with Crippen molar-refractivity contribution in [3.05, 3.63) is 113 Å². The van der Waals surface area contributed by atoms with Gasteiger partial charge in [-0.25, -0.2) is 9.59 Å². The van der Waals surface area contributed by atoms with E-state index in [9.17, 15) is 9.59 Å². The van der Waals surface area contributed by atoms with Gasteiger partial charge in [0, 0.05) is 70.1 Å². The lowest BCUT2D eigenvalue weighted by molar-refractivity contribution is 0.0287. The summed E-state index contributed by atoms with van der Waals surface area (Å²) < 4.78 is 16.4. The van der Waals surface area contributed by atoms with Gasteiger partial charge in [0.15, 0.2) is 0 Å². The Morgan fingerprint density at radius 2 is 1.05 bits per heavy atom. The summed E-state index contributed by atoms with van der Waals surface area (Å²) >= 11 is 9.87. The molecule has 9 nitrogen and oxygen atoms in total. The number of amides is 2. The van der Waals surface area contributed by atoms with Crippen LogP contribution in [0.15, 0.2) is 117 Å². The lowest BCUT2D eigenvalue weighted by Gasteiger charge is -2.24. The van der Waals surface area contributed by atoms with Crippen molar-refractivity contribution in [3.8, 4) is 5.75 Å². The minimum Gasteiger partial charge on any atom is -0.496 e. The van der Waals surface area contributed by atoms with E-state index in [1.54, 1.807) is 54.5 Å². The minimum absolute atomic E-state index is 0.281. The van der Waals surface area contributed by atoms with Crippen LogP contribution in [0.1, 0.15) is 65.5 Å². The molecule has 2 amide bonds. The molecule has 0 aliphatic carbocycles. The van der Waals surface area contributed by atoms with Crippen LogP contribution in [0.4, 0.5) is 9.59 Å². The number of aryl methyl sites for hydroxylation is 2. The molecule has 0 fully saturated rings. The van der Waals surface area contributed by atoms with Gasteiger partial charge in [-0.1, -0.05) is 83.7 Å². The second-order valence-corrected chi connectivity index (χ2v) is 18.9. The van der Waals surface area contributed by atoms with Crippen molar-refractivity contribution in [2.24, 2.45) is 0 Å². The van der Waals surface area contributed by atoms with Crippen molar-refractivity contribution >= 4 is 69.1 Å². The predicted octanol–water partition coefficient (Wildman–Crippen LogP) is 12.9. The molecular formula is C47H57ClN4O5S2. The summed E-state index contributed by atoms with van der Waals surface area (Å²) in [6, 6.07) is 28.7. The van der Waals surface area contributed by atoms with E-state index in [0.717, 1.165) is 68.1 Å². The minimum atomic E-state index is -0.477. The fourth-order valence-electron chi connectivity index (χ4n) is 6.29. The van der Waals surface area contributed by atoms with Crippen LogP contribution >= 0.6 is 35.1 Å². The first-order valence-electron chi connectivity index (χ1n) is 19.8. The lowest BCUT2D eigenvalue weighted by Crippen LogP contribution is -2.34. The average molecular weight is 858 g/mol. The fourth-order valence-corrected chi connectivity index (χ4v) is 8.87. The number of carbonyl (C=O) groups is 2. The number of ether oxygens (including phenoxy) is 3. The third-order valence-electron chi connectivity index (χ3n) is 9.14. The molecular weight excluding hydrogens is 800 g/mol. The molecule has 6 rings (SSSR count). The van der Waals surface area contributed by atoms with Gasteiger partial charge in [0.25, 0.3) is 0 Å². The number of benzene rings is 4. The molecule has 0 saturated carbocycles. The topological polar surface area (TPSA) is 99.9 Å². The van der Waals surface area contributed by atoms with Gasteiger partial charge in [0.05, 0.1) is 23.0 Å². The Morgan fingerprint density at radius 1 is 0.610 bits per heavy atom. The zero-order chi connectivity index (χ0) is 42.7. The molecule has 0 radical (unpaired) electrons. The Bertz CT molecular complexity index is 2330. The third-order valence-corrected chi connectivity index (χ3v) is 11.8. The van der Waals surface area contributed by atoms with E-state index in [0.29, 0.717) is 13.1 Å². The van der Waals surface area contributed by atoms with E-state index in [1.807, 2.05) is 84.3 Å². The van der Waals surface area contributed by atoms with Gasteiger partial charge in [-0.05, 0) is 115 Å². The Hall–Kier alpha value is -4.71. The van der Waals surface area contributed by atoms with Gasteiger partial charge >= 0.3 is 12.2 Å². The largest absolute Gasteiger partial charge is 0.496 e. The average Bonchev–Trinajstić information content (AvgIpc) is 3.79. The normalized spacial score (nSPS) is 11.6. The SMILES string of the molecule is CN(CCCc1ccccc1Sc1c[nH]c2cccc(Cl)c12)C(=O)OC(C)(C)C.COc1cccc2[nH]cc(Sc3ccccc3CCCN(C)C(=O)OC(C)(C)C)c12. The molecule has 59 heavy (non-hydrogen) atoms. The predicted molar refractivity (Wildman–Crippen MR) is 244 cm³/mol. The van der Waals surface area contributed by atoms with Crippen molar-refractivity contribution in [2.45, 2.75) is 98.0 Å².